The van der Waals surface area contributed by atoms with Crippen LogP contribution in [0.15, 0.2) is 53.0 Å². The fourth-order valence-electron chi connectivity index (χ4n) is 2.09. The fourth-order valence-corrected chi connectivity index (χ4v) is 2.61. The molecule has 0 aromatic heterocycles. The van der Waals surface area contributed by atoms with Gasteiger partial charge in [-0.15, -0.1) is 0 Å². The van der Waals surface area contributed by atoms with E-state index in [4.69, 9.17) is 11.6 Å². The minimum Gasteiger partial charge on any atom is -0.378 e. The Labute approximate surface area is 128 Å². The van der Waals surface area contributed by atoms with Crippen LogP contribution in [-0.2, 0) is 0 Å². The van der Waals surface area contributed by atoms with Gasteiger partial charge < -0.3 is 5.32 Å². The Morgan fingerprint density at radius 1 is 1.16 bits per heavy atom. The number of rotatable bonds is 5. The first kappa shape index (κ1) is 14.4. The van der Waals surface area contributed by atoms with Gasteiger partial charge in [-0.3, -0.25) is 0 Å². The molecule has 1 nitrogen and oxygen atoms in total. The van der Waals surface area contributed by atoms with Crippen molar-refractivity contribution in [3.63, 3.8) is 0 Å². The molecule has 0 aliphatic heterocycles. The zero-order valence-electron chi connectivity index (χ0n) is 10.9. The van der Waals surface area contributed by atoms with Crippen molar-refractivity contribution in [1.29, 1.82) is 0 Å². The van der Waals surface area contributed by atoms with Crippen molar-refractivity contribution < 1.29 is 0 Å². The molecule has 100 valence electrons. The Balaban J connectivity index is 2.18. The van der Waals surface area contributed by atoms with Crippen molar-refractivity contribution in [2.75, 3.05) is 5.32 Å². The molecule has 0 aliphatic carbocycles. The summed E-state index contributed by atoms with van der Waals surface area (Å²) < 4.78 is 1.09. The molecule has 2 rings (SSSR count). The fraction of sp³-hybridized carbons (Fsp3) is 0.250. The second-order valence-electron chi connectivity index (χ2n) is 4.55. The molecule has 0 amide bonds. The lowest BCUT2D eigenvalue weighted by atomic mass is 10.0. The lowest BCUT2D eigenvalue weighted by Gasteiger charge is -2.20. The third kappa shape index (κ3) is 4.26. The highest BCUT2D eigenvalue weighted by Gasteiger charge is 2.10. The van der Waals surface area contributed by atoms with Gasteiger partial charge in [-0.25, -0.2) is 0 Å². The first-order valence-corrected chi connectivity index (χ1v) is 7.63. The second-order valence-corrected chi connectivity index (χ2v) is 5.90. The first-order chi connectivity index (χ1) is 9.19. The zero-order chi connectivity index (χ0) is 13.7. The van der Waals surface area contributed by atoms with E-state index in [1.54, 1.807) is 0 Å². The number of hydrogen-bond donors (Lipinski definition) is 1. The number of halogens is 2. The van der Waals surface area contributed by atoms with Gasteiger partial charge in [-0.2, -0.15) is 0 Å². The van der Waals surface area contributed by atoms with Crippen LogP contribution in [0.25, 0.3) is 0 Å². The van der Waals surface area contributed by atoms with E-state index in [0.717, 1.165) is 28.0 Å². The van der Waals surface area contributed by atoms with Crippen LogP contribution in [0.3, 0.4) is 0 Å². The third-order valence-electron chi connectivity index (χ3n) is 3.02. The molecule has 0 saturated carbocycles. The Hall–Kier alpha value is -0.990. The van der Waals surface area contributed by atoms with Gasteiger partial charge in [0, 0.05) is 15.2 Å². The van der Waals surface area contributed by atoms with Gasteiger partial charge in [-0.1, -0.05) is 59.1 Å². The van der Waals surface area contributed by atoms with Crippen molar-refractivity contribution in [1.82, 2.24) is 0 Å². The van der Waals surface area contributed by atoms with Gasteiger partial charge in [0.05, 0.1) is 6.04 Å². The maximum atomic E-state index is 5.95. The van der Waals surface area contributed by atoms with E-state index in [-0.39, 0.29) is 0 Å². The first-order valence-electron chi connectivity index (χ1n) is 6.46. The largest absolute Gasteiger partial charge is 0.378 e. The van der Waals surface area contributed by atoms with Gasteiger partial charge in [0.15, 0.2) is 0 Å². The van der Waals surface area contributed by atoms with Crippen molar-refractivity contribution >= 4 is 33.2 Å². The van der Waals surface area contributed by atoms with Crippen molar-refractivity contribution in [2.45, 2.75) is 25.8 Å². The lowest BCUT2D eigenvalue weighted by molar-refractivity contribution is 0.677. The summed E-state index contributed by atoms with van der Waals surface area (Å²) in [6, 6.07) is 16.6. The molecule has 0 aliphatic rings. The lowest BCUT2D eigenvalue weighted by Crippen LogP contribution is -2.10. The smallest absolute Gasteiger partial charge is 0.0513 e. The van der Waals surface area contributed by atoms with Crippen molar-refractivity contribution in [3.05, 3.63) is 63.6 Å². The molecule has 1 unspecified atom stereocenters. The molecule has 0 fully saturated rings. The molecule has 19 heavy (non-hydrogen) atoms. The van der Waals surface area contributed by atoms with Crippen LogP contribution in [-0.4, -0.2) is 0 Å². The molecule has 2 aromatic rings. The van der Waals surface area contributed by atoms with Crippen LogP contribution in [0.2, 0.25) is 5.02 Å². The molecular weight excluding hydrogens is 322 g/mol. The monoisotopic (exact) mass is 337 g/mol. The predicted octanol–water partition coefficient (Wildman–Crippen LogP) is 6.06. The van der Waals surface area contributed by atoms with E-state index < -0.39 is 0 Å². The number of hydrogen-bond acceptors (Lipinski definition) is 1. The van der Waals surface area contributed by atoms with E-state index in [9.17, 15) is 0 Å². The Bertz CT molecular complexity index is 525. The van der Waals surface area contributed by atoms with Gasteiger partial charge in [0.1, 0.15) is 0 Å². The van der Waals surface area contributed by atoms with E-state index >= 15 is 0 Å². The molecule has 0 radical (unpaired) electrons. The van der Waals surface area contributed by atoms with Crippen LogP contribution in [0, 0.1) is 0 Å². The zero-order valence-corrected chi connectivity index (χ0v) is 13.2. The maximum absolute atomic E-state index is 5.95. The molecule has 2 aromatic carbocycles. The molecule has 0 bridgehead atoms. The summed E-state index contributed by atoms with van der Waals surface area (Å²) in [5.74, 6) is 0. The summed E-state index contributed by atoms with van der Waals surface area (Å²) in [6.07, 6.45) is 2.22. The second kappa shape index (κ2) is 6.97. The van der Waals surface area contributed by atoms with Crippen LogP contribution >= 0.6 is 27.5 Å². The molecular formula is C16H17BrClN. The van der Waals surface area contributed by atoms with E-state index in [1.807, 2.05) is 24.3 Å². The van der Waals surface area contributed by atoms with Crippen molar-refractivity contribution in [3.8, 4) is 0 Å². The van der Waals surface area contributed by atoms with E-state index in [1.165, 1.54) is 5.56 Å². The number of benzene rings is 2. The topological polar surface area (TPSA) is 12.0 Å². The average Bonchev–Trinajstić information content (AvgIpc) is 2.39. The molecule has 0 spiro atoms. The summed E-state index contributed by atoms with van der Waals surface area (Å²) in [5, 5.41) is 4.36. The van der Waals surface area contributed by atoms with Gasteiger partial charge in [0.2, 0.25) is 0 Å². The third-order valence-corrected chi connectivity index (χ3v) is 3.76. The predicted molar refractivity (Wildman–Crippen MR) is 86.9 cm³/mol. The van der Waals surface area contributed by atoms with Gasteiger partial charge in [0.25, 0.3) is 0 Å². The van der Waals surface area contributed by atoms with Crippen molar-refractivity contribution in [2.24, 2.45) is 0 Å². The standard InChI is InChI=1S/C16H17BrClN/c1-2-4-16(12-7-9-14(18)10-8-12)19-15-6-3-5-13(17)11-15/h3,5-11,16,19H,2,4H2,1H3. The molecule has 0 heterocycles. The molecule has 0 saturated heterocycles. The average molecular weight is 339 g/mol. The maximum Gasteiger partial charge on any atom is 0.0513 e. The summed E-state index contributed by atoms with van der Waals surface area (Å²) in [5.41, 5.74) is 2.40. The highest BCUT2D eigenvalue weighted by molar-refractivity contribution is 9.10. The molecule has 1 N–H and O–H groups in total. The van der Waals surface area contributed by atoms with E-state index in [2.05, 4.69) is 52.4 Å². The SMILES string of the molecule is CCCC(Nc1cccc(Br)c1)c1ccc(Cl)cc1. The highest BCUT2D eigenvalue weighted by atomic mass is 79.9. The van der Waals surface area contributed by atoms with Crippen LogP contribution in [0.1, 0.15) is 31.4 Å². The summed E-state index contributed by atoms with van der Waals surface area (Å²) in [4.78, 5) is 0. The van der Waals surface area contributed by atoms with Crippen LogP contribution in [0.4, 0.5) is 5.69 Å². The minimum atomic E-state index is 0.316. The quantitative estimate of drug-likeness (QED) is 0.699. The number of nitrogens with one attached hydrogen (secondary N) is 1. The van der Waals surface area contributed by atoms with Crippen LogP contribution in [0.5, 0.6) is 0 Å². The van der Waals surface area contributed by atoms with Gasteiger partial charge >= 0.3 is 0 Å². The Kier molecular flexibility index (Phi) is 5.29. The molecule has 1 atom stereocenters. The summed E-state index contributed by atoms with van der Waals surface area (Å²) in [7, 11) is 0. The summed E-state index contributed by atoms with van der Waals surface area (Å²) in [6.45, 7) is 2.20. The molecule has 3 heteroatoms. The Morgan fingerprint density at radius 2 is 1.89 bits per heavy atom. The van der Waals surface area contributed by atoms with Gasteiger partial charge in [-0.05, 0) is 42.3 Å². The Morgan fingerprint density at radius 3 is 2.53 bits per heavy atom. The van der Waals surface area contributed by atoms with E-state index in [0.29, 0.717) is 6.04 Å². The number of anilines is 1. The highest BCUT2D eigenvalue weighted by Crippen LogP contribution is 2.26. The van der Waals surface area contributed by atoms with Crippen LogP contribution < -0.4 is 5.32 Å². The summed E-state index contributed by atoms with van der Waals surface area (Å²) >= 11 is 9.45. The normalized spacial score (nSPS) is 12.2. The minimum absolute atomic E-state index is 0.316.